The highest BCUT2D eigenvalue weighted by Crippen LogP contribution is 2.33. The minimum absolute atomic E-state index is 0.000933. The summed E-state index contributed by atoms with van der Waals surface area (Å²) >= 11 is 1.40. The van der Waals surface area contributed by atoms with Crippen LogP contribution in [0.15, 0.2) is 82.3 Å². The van der Waals surface area contributed by atoms with Crippen molar-refractivity contribution in [3.63, 3.8) is 0 Å². The Morgan fingerprint density at radius 3 is 2.82 bits per heavy atom. The van der Waals surface area contributed by atoms with Gasteiger partial charge in [-0.15, -0.1) is 11.3 Å². The number of nitrogens with zero attached hydrogens (tertiary/aromatic N) is 4. The maximum atomic E-state index is 13.3. The highest BCUT2D eigenvalue weighted by atomic mass is 32.1. The molecule has 5 rings (SSSR count). The lowest BCUT2D eigenvalue weighted by Gasteiger charge is -2.18. The Bertz CT molecular complexity index is 1430. The number of aromatic nitrogens is 2. The van der Waals surface area contributed by atoms with Crippen LogP contribution >= 0.6 is 11.3 Å². The zero-order chi connectivity index (χ0) is 22.8. The van der Waals surface area contributed by atoms with E-state index in [0.29, 0.717) is 27.6 Å². The quantitative estimate of drug-likeness (QED) is 0.454. The number of thiazole rings is 1. The van der Waals surface area contributed by atoms with Crippen LogP contribution in [0.25, 0.3) is 11.3 Å². The van der Waals surface area contributed by atoms with Gasteiger partial charge in [-0.2, -0.15) is 5.10 Å². The molecule has 4 aromatic rings. The molecule has 0 radical (unpaired) electrons. The van der Waals surface area contributed by atoms with E-state index in [0.717, 1.165) is 17.0 Å². The molecule has 0 spiro atoms. The molecule has 33 heavy (non-hydrogen) atoms. The number of nitrogens with one attached hydrogen (secondary N) is 1. The molecule has 9 heteroatoms. The van der Waals surface area contributed by atoms with E-state index in [2.05, 4.69) is 15.3 Å². The van der Waals surface area contributed by atoms with Gasteiger partial charge in [0.25, 0.3) is 5.91 Å². The molecule has 0 fully saturated rings. The number of hydrogen-bond acceptors (Lipinski definition) is 6. The summed E-state index contributed by atoms with van der Waals surface area (Å²) in [6, 6.07) is 17.2. The summed E-state index contributed by atoms with van der Waals surface area (Å²) < 4.78 is 20.5. The number of fused-ring (bicyclic) bond motifs is 1. The van der Waals surface area contributed by atoms with E-state index in [1.807, 2.05) is 48.7 Å². The van der Waals surface area contributed by atoms with E-state index in [1.54, 1.807) is 23.0 Å². The van der Waals surface area contributed by atoms with E-state index >= 15 is 0 Å². The van der Waals surface area contributed by atoms with Crippen LogP contribution in [-0.2, 0) is 4.79 Å². The largest absolute Gasteiger partial charge is 0.482 e. The zero-order valence-electron chi connectivity index (χ0n) is 17.5. The number of anilines is 1. The number of rotatable bonds is 4. The molecule has 0 bridgehead atoms. The van der Waals surface area contributed by atoms with E-state index < -0.39 is 0 Å². The number of benzene rings is 2. The standard InChI is InChI=1S/C24H18FN5O2S/c1-15(19-4-2-3-11-26-19)29-30-21(14-33-24(30)27-18-8-6-17(25)7-9-18)16-5-10-22-20(12-16)28-23(31)13-32-22/h2-12,14H,13H2,1H3,(H,28,31). The third-order valence-electron chi connectivity index (χ3n) is 4.93. The van der Waals surface area contributed by atoms with Crippen molar-refractivity contribution in [3.05, 3.63) is 88.6 Å². The molecule has 1 N–H and O–H groups in total. The molecule has 2 aromatic carbocycles. The lowest BCUT2D eigenvalue weighted by Crippen LogP contribution is -2.25. The molecule has 3 heterocycles. The summed E-state index contributed by atoms with van der Waals surface area (Å²) in [6.07, 6.45) is 1.71. The van der Waals surface area contributed by atoms with Gasteiger partial charge in [0.15, 0.2) is 6.61 Å². The Labute approximate surface area is 192 Å². The molecule has 0 saturated heterocycles. The number of hydrogen-bond donors (Lipinski definition) is 1. The molecule has 1 aliphatic heterocycles. The average molecular weight is 460 g/mol. The van der Waals surface area contributed by atoms with Crippen molar-refractivity contribution in [1.82, 2.24) is 9.66 Å². The molecule has 0 unspecified atom stereocenters. The van der Waals surface area contributed by atoms with Crippen LogP contribution in [0.2, 0.25) is 0 Å². The van der Waals surface area contributed by atoms with Gasteiger partial charge < -0.3 is 10.1 Å². The third kappa shape index (κ3) is 4.44. The summed E-state index contributed by atoms with van der Waals surface area (Å²) in [5.74, 6) is 0.0921. The molecule has 164 valence electrons. The van der Waals surface area contributed by atoms with Crippen molar-refractivity contribution in [2.45, 2.75) is 6.92 Å². The van der Waals surface area contributed by atoms with Gasteiger partial charge in [0.05, 0.1) is 28.5 Å². The molecule has 0 saturated carbocycles. The maximum absolute atomic E-state index is 13.3. The molecule has 2 aromatic heterocycles. The Morgan fingerprint density at radius 2 is 2.03 bits per heavy atom. The molecular formula is C24H18FN5O2S. The minimum atomic E-state index is -0.323. The van der Waals surface area contributed by atoms with E-state index in [9.17, 15) is 9.18 Å². The first-order chi connectivity index (χ1) is 16.1. The topological polar surface area (TPSA) is 80.9 Å². The van der Waals surface area contributed by atoms with Crippen molar-refractivity contribution < 1.29 is 13.9 Å². The van der Waals surface area contributed by atoms with Gasteiger partial charge in [-0.25, -0.2) is 14.1 Å². The first kappa shape index (κ1) is 20.8. The van der Waals surface area contributed by atoms with Gasteiger partial charge in [0, 0.05) is 17.1 Å². The van der Waals surface area contributed by atoms with Crippen LogP contribution in [0.5, 0.6) is 5.75 Å². The van der Waals surface area contributed by atoms with Crippen LogP contribution in [0.1, 0.15) is 12.6 Å². The first-order valence-electron chi connectivity index (χ1n) is 10.1. The van der Waals surface area contributed by atoms with Crippen LogP contribution < -0.4 is 14.9 Å². The Kier molecular flexibility index (Phi) is 5.54. The third-order valence-corrected chi connectivity index (χ3v) is 5.75. The predicted octanol–water partition coefficient (Wildman–Crippen LogP) is 4.59. The number of carbonyl (C=O) groups is 1. The lowest BCUT2D eigenvalue weighted by atomic mass is 10.1. The van der Waals surface area contributed by atoms with E-state index in [-0.39, 0.29) is 18.3 Å². The number of carbonyl (C=O) groups excluding carboxylic acids is 1. The minimum Gasteiger partial charge on any atom is -0.482 e. The fourth-order valence-corrected chi connectivity index (χ4v) is 4.17. The van der Waals surface area contributed by atoms with Crippen LogP contribution in [0.3, 0.4) is 0 Å². The summed E-state index contributed by atoms with van der Waals surface area (Å²) in [7, 11) is 0. The summed E-state index contributed by atoms with van der Waals surface area (Å²) in [4.78, 5) is 21.4. The molecular weight excluding hydrogens is 441 g/mol. The van der Waals surface area contributed by atoms with Crippen molar-refractivity contribution >= 4 is 34.3 Å². The summed E-state index contributed by atoms with van der Waals surface area (Å²) in [5, 5.41) is 9.57. The van der Waals surface area contributed by atoms with Crippen molar-refractivity contribution in [2.75, 3.05) is 11.9 Å². The Morgan fingerprint density at radius 1 is 1.18 bits per heavy atom. The highest BCUT2D eigenvalue weighted by molar-refractivity contribution is 7.07. The van der Waals surface area contributed by atoms with Gasteiger partial charge >= 0.3 is 0 Å². The molecule has 1 amide bonds. The van der Waals surface area contributed by atoms with Gasteiger partial charge in [0.1, 0.15) is 11.6 Å². The molecule has 1 aliphatic rings. The van der Waals surface area contributed by atoms with Gasteiger partial charge in [-0.1, -0.05) is 6.07 Å². The fraction of sp³-hybridized carbons (Fsp3) is 0.0833. The van der Waals surface area contributed by atoms with Crippen LogP contribution in [-0.4, -0.2) is 27.9 Å². The van der Waals surface area contributed by atoms with E-state index in [1.165, 1.54) is 23.5 Å². The predicted molar refractivity (Wildman–Crippen MR) is 125 cm³/mol. The second kappa shape index (κ2) is 8.79. The summed E-state index contributed by atoms with van der Waals surface area (Å²) in [5.41, 5.74) is 4.25. The zero-order valence-corrected chi connectivity index (χ0v) is 18.3. The lowest BCUT2D eigenvalue weighted by molar-refractivity contribution is -0.118. The second-order valence-electron chi connectivity index (χ2n) is 7.25. The van der Waals surface area contributed by atoms with Crippen molar-refractivity contribution in [3.8, 4) is 17.0 Å². The number of ether oxygens (including phenoxy) is 1. The Balaban J connectivity index is 1.66. The number of amides is 1. The molecule has 7 nitrogen and oxygen atoms in total. The number of halogens is 1. The Hall–Kier alpha value is -4.11. The first-order valence-corrected chi connectivity index (χ1v) is 11.0. The SMILES string of the molecule is CC(=Nn1c(-c2ccc3c(c2)NC(=O)CO3)csc1=Nc1ccc(F)cc1)c1ccccn1. The number of pyridine rings is 1. The van der Waals surface area contributed by atoms with Crippen LogP contribution in [0.4, 0.5) is 15.8 Å². The smallest absolute Gasteiger partial charge is 0.262 e. The average Bonchev–Trinajstić information content (AvgIpc) is 3.22. The van der Waals surface area contributed by atoms with Gasteiger partial charge in [-0.05, 0) is 61.5 Å². The fourth-order valence-electron chi connectivity index (χ4n) is 3.32. The maximum Gasteiger partial charge on any atom is 0.262 e. The van der Waals surface area contributed by atoms with Crippen molar-refractivity contribution in [1.29, 1.82) is 0 Å². The van der Waals surface area contributed by atoms with Gasteiger partial charge in [-0.3, -0.25) is 9.78 Å². The molecule has 0 aliphatic carbocycles. The molecule has 0 atom stereocenters. The normalized spacial score (nSPS) is 13.9. The van der Waals surface area contributed by atoms with Crippen LogP contribution in [0, 0.1) is 5.82 Å². The highest BCUT2D eigenvalue weighted by Gasteiger charge is 2.18. The van der Waals surface area contributed by atoms with Crippen molar-refractivity contribution in [2.24, 2.45) is 10.1 Å². The monoisotopic (exact) mass is 459 g/mol. The second-order valence-corrected chi connectivity index (χ2v) is 8.09. The van der Waals surface area contributed by atoms with E-state index in [4.69, 9.17) is 9.84 Å². The summed E-state index contributed by atoms with van der Waals surface area (Å²) in [6.45, 7) is 1.87. The van der Waals surface area contributed by atoms with Gasteiger partial charge in [0.2, 0.25) is 4.80 Å².